The number of ether oxygens (including phenoxy) is 1. The minimum atomic E-state index is -3.75. The molecule has 0 spiro atoms. The molecule has 1 aliphatic rings. The molecular formula is C23H27N3O4S2. The first-order chi connectivity index (χ1) is 15.3. The summed E-state index contributed by atoms with van der Waals surface area (Å²) in [6.07, 6.45) is 0. The Kier molecular flexibility index (Phi) is 6.90. The Hall–Kier alpha value is -2.33. The quantitative estimate of drug-likeness (QED) is 0.525. The summed E-state index contributed by atoms with van der Waals surface area (Å²) in [5.41, 5.74) is 3.11. The molecule has 4 rings (SSSR count). The number of benzene rings is 2. The zero-order valence-electron chi connectivity index (χ0n) is 18.3. The van der Waals surface area contributed by atoms with E-state index in [0.717, 1.165) is 34.4 Å². The molecule has 32 heavy (non-hydrogen) atoms. The van der Waals surface area contributed by atoms with E-state index in [-0.39, 0.29) is 4.90 Å². The summed E-state index contributed by atoms with van der Waals surface area (Å²) in [7, 11) is -3.75. The smallest absolute Gasteiger partial charge is 0.244 e. The monoisotopic (exact) mass is 473 g/mol. The highest BCUT2D eigenvalue weighted by Gasteiger charge is 2.27. The maximum atomic E-state index is 13.3. The van der Waals surface area contributed by atoms with Gasteiger partial charge in [-0.1, -0.05) is 29.5 Å². The number of amides is 1. The van der Waals surface area contributed by atoms with Gasteiger partial charge in [0.1, 0.15) is 5.75 Å². The average molecular weight is 474 g/mol. The lowest BCUT2D eigenvalue weighted by molar-refractivity contribution is -0.116. The Morgan fingerprint density at radius 3 is 2.53 bits per heavy atom. The van der Waals surface area contributed by atoms with Crippen LogP contribution >= 0.6 is 11.3 Å². The molecule has 3 aromatic rings. The van der Waals surface area contributed by atoms with Gasteiger partial charge in [0.25, 0.3) is 0 Å². The number of carbonyl (C=O) groups excluding carboxylic acids is 1. The molecule has 0 unspecified atom stereocenters. The molecule has 0 atom stereocenters. The van der Waals surface area contributed by atoms with Crippen LogP contribution < -0.4 is 4.90 Å². The van der Waals surface area contributed by atoms with Crippen LogP contribution in [-0.4, -0.2) is 69.4 Å². The van der Waals surface area contributed by atoms with E-state index in [1.54, 1.807) is 18.2 Å². The minimum absolute atomic E-state index is 0.150. The van der Waals surface area contributed by atoms with Crippen molar-refractivity contribution >= 4 is 42.4 Å². The highest BCUT2D eigenvalue weighted by molar-refractivity contribution is 7.92. The molecule has 0 N–H and O–H groups in total. The Morgan fingerprint density at radius 2 is 1.81 bits per heavy atom. The third-order valence-electron chi connectivity index (χ3n) is 5.68. The van der Waals surface area contributed by atoms with Gasteiger partial charge in [0.15, 0.2) is 15.0 Å². The van der Waals surface area contributed by atoms with Crippen molar-refractivity contribution in [3.63, 3.8) is 0 Å². The van der Waals surface area contributed by atoms with E-state index in [1.165, 1.54) is 28.4 Å². The number of anilines is 1. The van der Waals surface area contributed by atoms with Gasteiger partial charge in [-0.05, 0) is 49.2 Å². The minimum Gasteiger partial charge on any atom is -0.379 e. The highest BCUT2D eigenvalue weighted by Crippen LogP contribution is 2.31. The van der Waals surface area contributed by atoms with Crippen LogP contribution in [0.25, 0.3) is 10.2 Å². The number of sulfone groups is 1. The van der Waals surface area contributed by atoms with Crippen LogP contribution in [0.1, 0.15) is 11.1 Å². The van der Waals surface area contributed by atoms with Gasteiger partial charge in [0.05, 0.1) is 28.3 Å². The molecule has 0 aliphatic carbocycles. The molecule has 0 radical (unpaired) electrons. The zero-order valence-corrected chi connectivity index (χ0v) is 19.9. The summed E-state index contributed by atoms with van der Waals surface area (Å²) in [6.45, 7) is 8.00. The van der Waals surface area contributed by atoms with Crippen LogP contribution in [0.4, 0.5) is 5.13 Å². The van der Waals surface area contributed by atoms with Crippen LogP contribution in [0.15, 0.2) is 47.4 Å². The van der Waals surface area contributed by atoms with E-state index in [1.807, 2.05) is 19.9 Å². The summed E-state index contributed by atoms with van der Waals surface area (Å²) in [5, 5.41) is 0.534. The molecule has 1 aliphatic heterocycles. The molecular weight excluding hydrogens is 446 g/mol. The van der Waals surface area contributed by atoms with Gasteiger partial charge in [-0.25, -0.2) is 13.4 Å². The van der Waals surface area contributed by atoms with Gasteiger partial charge in [0, 0.05) is 26.2 Å². The molecule has 2 heterocycles. The summed E-state index contributed by atoms with van der Waals surface area (Å²) in [5.74, 6) is -1.05. The van der Waals surface area contributed by atoms with Crippen molar-refractivity contribution in [2.45, 2.75) is 18.7 Å². The lowest BCUT2D eigenvalue weighted by Gasteiger charge is -2.29. The second kappa shape index (κ2) is 9.66. The summed E-state index contributed by atoms with van der Waals surface area (Å²) >= 11 is 1.42. The van der Waals surface area contributed by atoms with Gasteiger partial charge >= 0.3 is 0 Å². The van der Waals surface area contributed by atoms with E-state index in [4.69, 9.17) is 4.74 Å². The summed E-state index contributed by atoms with van der Waals surface area (Å²) < 4.78 is 32.1. The van der Waals surface area contributed by atoms with Crippen molar-refractivity contribution in [3.8, 4) is 0 Å². The molecule has 0 bridgehead atoms. The van der Waals surface area contributed by atoms with E-state index in [2.05, 4.69) is 16.0 Å². The summed E-state index contributed by atoms with van der Waals surface area (Å²) in [4.78, 5) is 21.9. The zero-order chi connectivity index (χ0) is 22.7. The van der Waals surface area contributed by atoms with Crippen LogP contribution in [-0.2, 0) is 19.4 Å². The van der Waals surface area contributed by atoms with Crippen LogP contribution in [0.2, 0.25) is 0 Å². The molecule has 9 heteroatoms. The third kappa shape index (κ3) is 5.17. The molecule has 1 saturated heterocycles. The Bertz CT molecular complexity index is 1160. The largest absolute Gasteiger partial charge is 0.379 e. The molecule has 1 aromatic heterocycles. The first-order valence-corrected chi connectivity index (χ1v) is 13.1. The number of rotatable bonds is 7. The molecule has 2 aromatic carbocycles. The number of nitrogens with zero attached hydrogens (tertiary/aromatic N) is 3. The topological polar surface area (TPSA) is 79.8 Å². The fraction of sp³-hybridized carbons (Fsp3) is 0.391. The molecule has 0 saturated carbocycles. The number of hydrogen-bond donors (Lipinski definition) is 0. The first-order valence-electron chi connectivity index (χ1n) is 10.6. The van der Waals surface area contributed by atoms with Gasteiger partial charge < -0.3 is 4.74 Å². The average Bonchev–Trinajstić information content (AvgIpc) is 3.17. The predicted molar refractivity (Wildman–Crippen MR) is 127 cm³/mol. The second-order valence-electron chi connectivity index (χ2n) is 7.97. The summed E-state index contributed by atoms with van der Waals surface area (Å²) in [6, 6.07) is 12.2. The molecule has 7 nitrogen and oxygen atoms in total. The number of carbonyl (C=O) groups is 1. The number of fused-ring (bicyclic) bond motifs is 1. The number of hydrogen-bond acceptors (Lipinski definition) is 7. The van der Waals surface area contributed by atoms with E-state index in [9.17, 15) is 13.2 Å². The lowest BCUT2D eigenvalue weighted by Crippen LogP contribution is -2.44. The predicted octanol–water partition coefficient (Wildman–Crippen LogP) is 3.05. The van der Waals surface area contributed by atoms with Crippen molar-refractivity contribution in [3.05, 3.63) is 53.6 Å². The van der Waals surface area contributed by atoms with Crippen molar-refractivity contribution < 1.29 is 17.9 Å². The van der Waals surface area contributed by atoms with E-state index in [0.29, 0.717) is 31.4 Å². The van der Waals surface area contributed by atoms with Crippen LogP contribution in [0.3, 0.4) is 0 Å². The second-order valence-corrected chi connectivity index (χ2v) is 11.0. The van der Waals surface area contributed by atoms with Crippen LogP contribution in [0.5, 0.6) is 0 Å². The molecule has 1 fully saturated rings. The van der Waals surface area contributed by atoms with Crippen molar-refractivity contribution in [1.29, 1.82) is 0 Å². The van der Waals surface area contributed by atoms with Gasteiger partial charge in [-0.3, -0.25) is 14.6 Å². The molecule has 170 valence electrons. The number of thiazole rings is 1. The first kappa shape index (κ1) is 22.8. The lowest BCUT2D eigenvalue weighted by atomic mass is 10.1. The third-order valence-corrected chi connectivity index (χ3v) is 8.34. The van der Waals surface area contributed by atoms with Crippen LogP contribution in [0, 0.1) is 13.8 Å². The van der Waals surface area contributed by atoms with Gasteiger partial charge in [0.2, 0.25) is 5.91 Å². The Labute approximate surface area is 192 Å². The SMILES string of the molecule is Cc1cc2nc(N(CCN3CCOCC3)C(=O)CS(=O)(=O)c3ccccc3)sc2cc1C. The van der Waals surface area contributed by atoms with Crippen molar-refractivity contribution in [1.82, 2.24) is 9.88 Å². The fourth-order valence-corrected chi connectivity index (χ4v) is 5.94. The standard InChI is InChI=1S/C23H27N3O4S2/c1-17-14-20-21(15-18(17)2)31-23(24-20)26(9-8-25-10-12-30-13-11-25)22(27)16-32(28,29)19-6-4-3-5-7-19/h3-7,14-15H,8-13,16H2,1-2H3. The fourth-order valence-electron chi connectivity index (χ4n) is 3.63. The Morgan fingerprint density at radius 1 is 1.12 bits per heavy atom. The maximum absolute atomic E-state index is 13.3. The normalized spacial score (nSPS) is 15.2. The number of aromatic nitrogens is 1. The van der Waals surface area contributed by atoms with E-state index < -0.39 is 21.5 Å². The van der Waals surface area contributed by atoms with Gasteiger partial charge in [-0.2, -0.15) is 0 Å². The number of aryl methyl sites for hydroxylation is 2. The number of morpholine rings is 1. The van der Waals surface area contributed by atoms with Crippen molar-refractivity contribution in [2.24, 2.45) is 0 Å². The van der Waals surface area contributed by atoms with E-state index >= 15 is 0 Å². The van der Waals surface area contributed by atoms with Crippen molar-refractivity contribution in [2.75, 3.05) is 50.0 Å². The molecule has 1 amide bonds. The van der Waals surface area contributed by atoms with Gasteiger partial charge in [-0.15, -0.1) is 0 Å². The highest BCUT2D eigenvalue weighted by atomic mass is 32.2. The maximum Gasteiger partial charge on any atom is 0.244 e. The Balaban J connectivity index is 1.61.